The molecule has 1 saturated heterocycles. The molecule has 0 saturated carbocycles. The van der Waals surface area contributed by atoms with Crippen LogP contribution in [0.15, 0.2) is 47.2 Å². The molecule has 0 bridgehead atoms. The molecule has 0 radical (unpaired) electrons. The van der Waals surface area contributed by atoms with Crippen molar-refractivity contribution in [2.24, 2.45) is 0 Å². The Bertz CT molecular complexity index is 1480. The number of sulfonamides is 1. The van der Waals surface area contributed by atoms with Crippen molar-refractivity contribution >= 4 is 32.7 Å². The Labute approximate surface area is 207 Å². The van der Waals surface area contributed by atoms with Crippen molar-refractivity contribution in [3.63, 3.8) is 0 Å². The van der Waals surface area contributed by atoms with E-state index >= 15 is 0 Å². The van der Waals surface area contributed by atoms with Gasteiger partial charge >= 0.3 is 5.97 Å². The van der Waals surface area contributed by atoms with E-state index in [1.807, 2.05) is 13.0 Å². The number of carbonyl (C=O) groups is 1. The Balaban J connectivity index is 1.39. The van der Waals surface area contributed by atoms with Crippen LogP contribution in [0.25, 0.3) is 22.5 Å². The van der Waals surface area contributed by atoms with Crippen LogP contribution < -0.4 is 10.0 Å². The van der Waals surface area contributed by atoms with Gasteiger partial charge in [-0.1, -0.05) is 35.5 Å². The molecule has 3 aromatic heterocycles. The lowest BCUT2D eigenvalue weighted by molar-refractivity contribution is -0.147. The molecule has 4 aromatic rings. The number of esters is 1. The first kappa shape index (κ1) is 23.9. The van der Waals surface area contributed by atoms with E-state index in [0.29, 0.717) is 42.0 Å². The number of nitrogens with one attached hydrogen (secondary N) is 2. The molecule has 1 unspecified atom stereocenters. The molecule has 13 heteroatoms. The summed E-state index contributed by atoms with van der Waals surface area (Å²) in [6.45, 7) is 2.82. The number of nitrogens with zero attached hydrogens (tertiary/aromatic N) is 5. The minimum atomic E-state index is -3.60. The van der Waals surface area contributed by atoms with Crippen LogP contribution in [0.2, 0.25) is 0 Å². The Hall–Kier alpha value is -3.84. The Morgan fingerprint density at radius 2 is 2.03 bits per heavy atom. The van der Waals surface area contributed by atoms with Crippen LogP contribution in [0, 0.1) is 0 Å². The van der Waals surface area contributed by atoms with Crippen molar-refractivity contribution in [1.82, 2.24) is 29.6 Å². The number of anilines is 1. The molecule has 0 amide bonds. The van der Waals surface area contributed by atoms with E-state index in [9.17, 15) is 13.2 Å². The smallest absolute Gasteiger partial charge is 0.307 e. The van der Waals surface area contributed by atoms with E-state index in [0.717, 1.165) is 5.39 Å². The highest BCUT2D eigenvalue weighted by atomic mass is 32.2. The molecule has 1 aliphatic rings. The summed E-state index contributed by atoms with van der Waals surface area (Å²) in [7, 11) is -3.60. The minimum Gasteiger partial charge on any atom is -0.466 e. The first-order chi connectivity index (χ1) is 17.4. The third kappa shape index (κ3) is 5.21. The number of aryl methyl sites for hydroxylation is 1. The standard InChI is InChI=1S/C23H25N7O5S/c1-2-30-22-17(12-25-30)21(27-16-8-9-34-20(31)10-16)18(11-24-22)23-28-19(29-35-23)13-26-36(32,33)14-15-6-4-3-5-7-15/h3-7,11-12,16,26H,2,8-10,13-14H2,1H3,(H,24,27). The van der Waals surface area contributed by atoms with E-state index in [-0.39, 0.29) is 42.4 Å². The molecule has 1 aliphatic heterocycles. The van der Waals surface area contributed by atoms with Gasteiger partial charge in [0, 0.05) is 25.2 Å². The highest BCUT2D eigenvalue weighted by Gasteiger charge is 2.25. The molecule has 1 atom stereocenters. The normalized spacial score (nSPS) is 16.2. The number of rotatable bonds is 9. The van der Waals surface area contributed by atoms with Gasteiger partial charge in [-0.3, -0.25) is 4.79 Å². The Morgan fingerprint density at radius 3 is 2.81 bits per heavy atom. The van der Waals surface area contributed by atoms with E-state index in [4.69, 9.17) is 9.26 Å². The van der Waals surface area contributed by atoms with Gasteiger partial charge in [0.1, 0.15) is 0 Å². The van der Waals surface area contributed by atoms with Crippen molar-refractivity contribution in [2.75, 3.05) is 11.9 Å². The molecule has 1 aromatic carbocycles. The summed E-state index contributed by atoms with van der Waals surface area (Å²) in [5, 5.41) is 12.5. The van der Waals surface area contributed by atoms with Gasteiger partial charge in [-0.2, -0.15) is 10.1 Å². The minimum absolute atomic E-state index is 0.126. The highest BCUT2D eigenvalue weighted by Crippen LogP contribution is 2.34. The second kappa shape index (κ2) is 10.0. The van der Waals surface area contributed by atoms with Gasteiger partial charge in [0.15, 0.2) is 11.5 Å². The molecule has 5 rings (SSSR count). The summed E-state index contributed by atoms with van der Waals surface area (Å²) in [4.78, 5) is 20.7. The number of hydrogen-bond donors (Lipinski definition) is 2. The third-order valence-electron chi connectivity index (χ3n) is 5.80. The SMILES string of the molecule is CCn1ncc2c(NC3CCOC(=O)C3)c(-c3nc(CNS(=O)(=O)Cc4ccccc4)no3)cnc21. The average molecular weight is 512 g/mol. The van der Waals surface area contributed by atoms with Crippen molar-refractivity contribution < 1.29 is 22.5 Å². The highest BCUT2D eigenvalue weighted by molar-refractivity contribution is 7.88. The molecule has 1 fully saturated rings. The summed E-state index contributed by atoms with van der Waals surface area (Å²) in [5.74, 6) is -0.0685. The summed E-state index contributed by atoms with van der Waals surface area (Å²) >= 11 is 0. The van der Waals surface area contributed by atoms with Crippen molar-refractivity contribution in [3.8, 4) is 11.5 Å². The van der Waals surface area contributed by atoms with Crippen LogP contribution in [0.5, 0.6) is 0 Å². The van der Waals surface area contributed by atoms with Gasteiger partial charge in [-0.15, -0.1) is 0 Å². The fourth-order valence-electron chi connectivity index (χ4n) is 4.03. The number of hydrogen-bond acceptors (Lipinski definition) is 10. The summed E-state index contributed by atoms with van der Waals surface area (Å²) < 4.78 is 39.7. The molecule has 12 nitrogen and oxygen atoms in total. The zero-order valence-electron chi connectivity index (χ0n) is 19.5. The lowest BCUT2D eigenvalue weighted by Gasteiger charge is -2.24. The van der Waals surface area contributed by atoms with Crippen molar-refractivity contribution in [3.05, 3.63) is 54.1 Å². The lowest BCUT2D eigenvalue weighted by Crippen LogP contribution is -2.31. The number of aromatic nitrogens is 5. The Kier molecular flexibility index (Phi) is 6.65. The van der Waals surface area contributed by atoms with Gasteiger partial charge in [-0.25, -0.2) is 22.8 Å². The molecular formula is C23H25N7O5S. The maximum atomic E-state index is 12.5. The number of carbonyl (C=O) groups excluding carboxylic acids is 1. The first-order valence-corrected chi connectivity index (χ1v) is 13.2. The second-order valence-electron chi connectivity index (χ2n) is 8.38. The van der Waals surface area contributed by atoms with Crippen molar-refractivity contribution in [2.45, 2.75) is 44.6 Å². The predicted octanol–water partition coefficient (Wildman–Crippen LogP) is 2.24. The number of pyridine rings is 1. The van der Waals surface area contributed by atoms with Crippen LogP contribution >= 0.6 is 0 Å². The number of benzene rings is 1. The van der Waals surface area contributed by atoms with Gasteiger partial charge in [0.2, 0.25) is 10.0 Å². The van der Waals surface area contributed by atoms with Crippen LogP contribution in [0.4, 0.5) is 5.69 Å². The van der Waals surface area contributed by atoms with Crippen LogP contribution in [0.3, 0.4) is 0 Å². The number of ether oxygens (including phenoxy) is 1. The van der Waals surface area contributed by atoms with Gasteiger partial charge in [0.05, 0.1) is 48.2 Å². The molecule has 0 aliphatic carbocycles. The first-order valence-electron chi connectivity index (χ1n) is 11.5. The molecule has 188 valence electrons. The fraction of sp³-hybridized carbons (Fsp3) is 0.348. The fourth-order valence-corrected chi connectivity index (χ4v) is 5.12. The zero-order chi connectivity index (χ0) is 25.1. The predicted molar refractivity (Wildman–Crippen MR) is 130 cm³/mol. The van der Waals surface area contributed by atoms with Crippen LogP contribution in [-0.4, -0.2) is 51.9 Å². The third-order valence-corrected chi connectivity index (χ3v) is 7.10. The quantitative estimate of drug-likeness (QED) is 0.320. The molecule has 36 heavy (non-hydrogen) atoms. The topological polar surface area (TPSA) is 154 Å². The molecule has 4 heterocycles. The maximum absolute atomic E-state index is 12.5. The Morgan fingerprint density at radius 1 is 1.19 bits per heavy atom. The second-order valence-corrected chi connectivity index (χ2v) is 10.2. The van der Waals surface area contributed by atoms with Gasteiger partial charge in [-0.05, 0) is 12.5 Å². The van der Waals surface area contributed by atoms with Crippen LogP contribution in [0.1, 0.15) is 31.2 Å². The maximum Gasteiger partial charge on any atom is 0.307 e. The molecular weight excluding hydrogens is 486 g/mol. The summed E-state index contributed by atoms with van der Waals surface area (Å²) in [6.07, 6.45) is 4.18. The van der Waals surface area contributed by atoms with E-state index in [1.165, 1.54) is 0 Å². The molecule has 0 spiro atoms. The largest absolute Gasteiger partial charge is 0.466 e. The van der Waals surface area contributed by atoms with E-state index in [1.54, 1.807) is 41.3 Å². The number of cyclic esters (lactones) is 1. The molecule has 2 N–H and O–H groups in total. The van der Waals surface area contributed by atoms with E-state index < -0.39 is 10.0 Å². The van der Waals surface area contributed by atoms with Crippen LogP contribution in [-0.2, 0) is 38.4 Å². The lowest BCUT2D eigenvalue weighted by atomic mass is 10.1. The number of fused-ring (bicyclic) bond motifs is 1. The average Bonchev–Trinajstić information content (AvgIpc) is 3.51. The van der Waals surface area contributed by atoms with Crippen molar-refractivity contribution in [1.29, 1.82) is 0 Å². The van der Waals surface area contributed by atoms with E-state index in [2.05, 4.69) is 30.3 Å². The summed E-state index contributed by atoms with van der Waals surface area (Å²) in [5.41, 5.74) is 2.55. The van der Waals surface area contributed by atoms with Gasteiger partial charge < -0.3 is 14.6 Å². The monoisotopic (exact) mass is 511 g/mol. The zero-order valence-corrected chi connectivity index (χ0v) is 20.4. The summed E-state index contributed by atoms with van der Waals surface area (Å²) in [6, 6.07) is 8.74. The van der Waals surface area contributed by atoms with Gasteiger partial charge in [0.25, 0.3) is 5.89 Å².